The van der Waals surface area contributed by atoms with E-state index >= 15 is 0 Å². The third kappa shape index (κ3) is 2.66. The molecule has 1 saturated carbocycles. The molecule has 0 aromatic carbocycles. The molecule has 5 rings (SSSR count). The van der Waals surface area contributed by atoms with Crippen molar-refractivity contribution in [1.29, 1.82) is 0 Å². The van der Waals surface area contributed by atoms with Crippen LogP contribution in [0, 0.1) is 23.2 Å². The molecule has 3 aliphatic rings. The molecule has 0 radical (unpaired) electrons. The average Bonchev–Trinajstić information content (AvgIpc) is 3.35. The number of hydrogen-bond acceptors (Lipinski definition) is 6. The van der Waals surface area contributed by atoms with Crippen LogP contribution in [0.15, 0.2) is 17.5 Å². The van der Waals surface area contributed by atoms with Crippen LogP contribution in [0.2, 0.25) is 0 Å². The summed E-state index contributed by atoms with van der Waals surface area (Å²) in [5.74, 6) is 0.680. The van der Waals surface area contributed by atoms with E-state index in [1.165, 1.54) is 16.2 Å². The fourth-order valence-corrected chi connectivity index (χ4v) is 7.58. The van der Waals surface area contributed by atoms with Crippen LogP contribution in [-0.4, -0.2) is 23.0 Å². The van der Waals surface area contributed by atoms with Gasteiger partial charge in [-0.2, -0.15) is 0 Å². The van der Waals surface area contributed by atoms with Gasteiger partial charge in [0.1, 0.15) is 6.10 Å². The third-order valence-corrected chi connectivity index (χ3v) is 8.98. The van der Waals surface area contributed by atoms with Gasteiger partial charge in [0, 0.05) is 22.6 Å². The number of rotatable bonds is 2. The Balaban J connectivity index is 1.45. The predicted octanol–water partition coefficient (Wildman–Crippen LogP) is 4.71. The number of ether oxygens (including phenoxy) is 1. The molecule has 7 heteroatoms. The van der Waals surface area contributed by atoms with E-state index in [0.29, 0.717) is 15.9 Å². The molecular formula is C21H24N2O3S2. The van der Waals surface area contributed by atoms with E-state index in [-0.39, 0.29) is 41.1 Å². The van der Waals surface area contributed by atoms with E-state index in [9.17, 15) is 9.59 Å². The van der Waals surface area contributed by atoms with Gasteiger partial charge in [-0.3, -0.25) is 14.9 Å². The Kier molecular flexibility index (Phi) is 4.18. The SMILES string of the molecule is C[C@@H]1C(=O)O[C@H]2[C@H]1CC[C@@]1(C)Cc3sc(NC(=O)c4cccs4)nc3[C@@H](C)[C@H]21. The number of anilines is 1. The van der Waals surface area contributed by atoms with Gasteiger partial charge in [-0.1, -0.05) is 26.8 Å². The van der Waals surface area contributed by atoms with E-state index in [4.69, 9.17) is 9.72 Å². The van der Waals surface area contributed by atoms with Crippen LogP contribution >= 0.6 is 22.7 Å². The number of aromatic nitrogens is 1. The maximum atomic E-state index is 12.4. The summed E-state index contributed by atoms with van der Waals surface area (Å²) in [4.78, 5) is 31.4. The topological polar surface area (TPSA) is 68.3 Å². The minimum atomic E-state index is -0.101. The zero-order chi connectivity index (χ0) is 19.6. The Morgan fingerprint density at radius 3 is 2.93 bits per heavy atom. The Labute approximate surface area is 172 Å². The van der Waals surface area contributed by atoms with Crippen molar-refractivity contribution in [2.24, 2.45) is 23.2 Å². The van der Waals surface area contributed by atoms with Gasteiger partial charge in [0.2, 0.25) is 0 Å². The highest BCUT2D eigenvalue weighted by atomic mass is 32.1. The highest BCUT2D eigenvalue weighted by molar-refractivity contribution is 7.16. The summed E-state index contributed by atoms with van der Waals surface area (Å²) in [6.07, 6.45) is 3.10. The number of thiazole rings is 1. The molecule has 0 bridgehead atoms. The van der Waals surface area contributed by atoms with Crippen LogP contribution in [0.1, 0.15) is 59.8 Å². The lowest BCUT2D eigenvalue weighted by atomic mass is 9.54. The summed E-state index contributed by atoms with van der Waals surface area (Å²) in [6.45, 7) is 6.56. The highest BCUT2D eigenvalue weighted by Gasteiger charge is 2.58. The van der Waals surface area contributed by atoms with Gasteiger partial charge in [0.25, 0.3) is 5.91 Å². The largest absolute Gasteiger partial charge is 0.461 e. The van der Waals surface area contributed by atoms with Crippen LogP contribution in [0.3, 0.4) is 0 Å². The number of hydrogen-bond donors (Lipinski definition) is 1. The van der Waals surface area contributed by atoms with Crippen molar-refractivity contribution >= 4 is 39.7 Å². The molecule has 148 valence electrons. The Morgan fingerprint density at radius 1 is 1.36 bits per heavy atom. The molecule has 1 saturated heterocycles. The number of fused-ring (bicyclic) bond motifs is 4. The summed E-state index contributed by atoms with van der Waals surface area (Å²) < 4.78 is 5.89. The fraction of sp³-hybridized carbons (Fsp3) is 0.571. The number of amides is 1. The molecule has 2 fully saturated rings. The molecule has 5 nitrogen and oxygen atoms in total. The number of nitrogens with zero attached hydrogens (tertiary/aromatic N) is 1. The lowest BCUT2D eigenvalue weighted by Gasteiger charge is -2.51. The van der Waals surface area contributed by atoms with Crippen LogP contribution < -0.4 is 5.32 Å². The van der Waals surface area contributed by atoms with Crippen LogP contribution in [-0.2, 0) is 16.0 Å². The zero-order valence-electron chi connectivity index (χ0n) is 16.2. The number of carbonyl (C=O) groups is 2. The quantitative estimate of drug-likeness (QED) is 0.720. The Morgan fingerprint density at radius 2 is 2.18 bits per heavy atom. The molecule has 1 N–H and O–H groups in total. The summed E-state index contributed by atoms with van der Waals surface area (Å²) >= 11 is 3.03. The van der Waals surface area contributed by atoms with E-state index in [1.807, 2.05) is 24.4 Å². The van der Waals surface area contributed by atoms with Gasteiger partial charge in [-0.25, -0.2) is 4.98 Å². The first-order valence-corrected chi connectivity index (χ1v) is 11.6. The van der Waals surface area contributed by atoms with Crippen LogP contribution in [0.25, 0.3) is 0 Å². The Hall–Kier alpha value is -1.73. The molecule has 1 amide bonds. The number of esters is 1. The Bertz CT molecular complexity index is 938. The van der Waals surface area contributed by atoms with Crippen LogP contribution in [0.5, 0.6) is 0 Å². The van der Waals surface area contributed by atoms with Crippen molar-refractivity contribution in [1.82, 2.24) is 4.98 Å². The first-order chi connectivity index (χ1) is 13.4. The standard InChI is InChI=1S/C21H24N2O3S2/c1-10-12-6-7-21(3)9-14-16(11(2)15(21)17(12)26-19(10)25)22-20(28-14)23-18(24)13-5-4-8-27-13/h4-5,8,10-12,15,17H,6-7,9H2,1-3H3,(H,22,23,24)/t10-,11-,12-,15+,17-,21-/m0/s1. The molecule has 1 aliphatic heterocycles. The number of thiophene rings is 1. The van der Waals surface area contributed by atoms with E-state index in [1.54, 1.807) is 11.3 Å². The molecule has 0 spiro atoms. The molecular weight excluding hydrogens is 392 g/mol. The molecule has 2 aliphatic carbocycles. The third-order valence-electron chi connectivity index (χ3n) is 7.12. The average molecular weight is 417 g/mol. The van der Waals surface area contributed by atoms with Crippen molar-refractivity contribution in [2.75, 3.05) is 5.32 Å². The van der Waals surface area contributed by atoms with Gasteiger partial charge in [-0.05, 0) is 36.1 Å². The lowest BCUT2D eigenvalue weighted by molar-refractivity contribution is -0.149. The summed E-state index contributed by atoms with van der Waals surface area (Å²) in [5, 5.41) is 5.54. The van der Waals surface area contributed by atoms with E-state index in [0.717, 1.165) is 25.0 Å². The molecule has 2 aromatic rings. The monoisotopic (exact) mass is 416 g/mol. The molecule has 2 aromatic heterocycles. The molecule has 28 heavy (non-hydrogen) atoms. The predicted molar refractivity (Wildman–Crippen MR) is 110 cm³/mol. The minimum Gasteiger partial charge on any atom is -0.461 e. The zero-order valence-corrected chi connectivity index (χ0v) is 17.9. The van der Waals surface area contributed by atoms with Gasteiger partial charge < -0.3 is 4.74 Å². The second kappa shape index (κ2) is 6.39. The fourth-order valence-electron chi connectivity index (χ4n) is 5.70. The first-order valence-electron chi connectivity index (χ1n) is 9.92. The second-order valence-electron chi connectivity index (χ2n) is 8.80. The van der Waals surface area contributed by atoms with Gasteiger partial charge in [0.15, 0.2) is 5.13 Å². The van der Waals surface area contributed by atoms with E-state index < -0.39 is 0 Å². The van der Waals surface area contributed by atoms with Gasteiger partial charge >= 0.3 is 5.97 Å². The summed E-state index contributed by atoms with van der Waals surface area (Å²) in [6, 6.07) is 3.70. The summed E-state index contributed by atoms with van der Waals surface area (Å²) in [7, 11) is 0. The van der Waals surface area contributed by atoms with Gasteiger partial charge in [0.05, 0.1) is 16.5 Å². The normalized spacial score (nSPS) is 36.2. The highest BCUT2D eigenvalue weighted by Crippen LogP contribution is 2.59. The minimum absolute atomic E-state index is 0.000717. The molecule has 3 heterocycles. The maximum Gasteiger partial charge on any atom is 0.309 e. The van der Waals surface area contributed by atoms with Crippen molar-refractivity contribution in [3.63, 3.8) is 0 Å². The lowest BCUT2D eigenvalue weighted by Crippen LogP contribution is -2.50. The maximum absolute atomic E-state index is 12.4. The van der Waals surface area contributed by atoms with Gasteiger partial charge in [-0.15, -0.1) is 22.7 Å². The first kappa shape index (κ1) is 18.3. The molecule has 6 atom stereocenters. The van der Waals surface area contributed by atoms with Crippen molar-refractivity contribution in [3.05, 3.63) is 33.0 Å². The number of carbonyl (C=O) groups excluding carboxylic acids is 2. The van der Waals surface area contributed by atoms with Crippen molar-refractivity contribution in [2.45, 2.75) is 52.1 Å². The number of nitrogens with one attached hydrogen (secondary N) is 1. The summed E-state index contributed by atoms with van der Waals surface area (Å²) in [5.41, 5.74) is 1.18. The second-order valence-corrected chi connectivity index (χ2v) is 10.8. The van der Waals surface area contributed by atoms with Crippen molar-refractivity contribution < 1.29 is 14.3 Å². The van der Waals surface area contributed by atoms with Crippen molar-refractivity contribution in [3.8, 4) is 0 Å². The van der Waals surface area contributed by atoms with E-state index in [2.05, 4.69) is 19.2 Å². The smallest absolute Gasteiger partial charge is 0.309 e. The molecule has 0 unspecified atom stereocenters. The van der Waals surface area contributed by atoms with Crippen LogP contribution in [0.4, 0.5) is 5.13 Å².